The van der Waals surface area contributed by atoms with Crippen molar-refractivity contribution in [3.8, 4) is 11.5 Å². The highest BCUT2D eigenvalue weighted by molar-refractivity contribution is 6.33. The van der Waals surface area contributed by atoms with E-state index in [1.54, 1.807) is 0 Å². The molecule has 1 aromatic carbocycles. The minimum Gasteiger partial charge on any atom is -0.494 e. The first-order valence-electron chi connectivity index (χ1n) is 17.5. The predicted octanol–water partition coefficient (Wildman–Crippen LogP) is 6.93. The van der Waals surface area contributed by atoms with Gasteiger partial charge in [-0.3, -0.25) is 4.90 Å². The number of nitrogens with one attached hydrogen (secondary N) is 3. The Kier molecular flexibility index (Phi) is 12.4. The molecule has 0 saturated carbocycles. The number of piperidine rings is 2. The zero-order valence-corrected chi connectivity index (χ0v) is 30.3. The van der Waals surface area contributed by atoms with Crippen molar-refractivity contribution in [3.63, 3.8) is 0 Å². The summed E-state index contributed by atoms with van der Waals surface area (Å²) in [6.45, 7) is 10.0. The summed E-state index contributed by atoms with van der Waals surface area (Å²) < 4.78 is 11.4. The third-order valence-electron chi connectivity index (χ3n) is 9.51. The lowest BCUT2D eigenvalue weighted by atomic mass is 10.0. The lowest BCUT2D eigenvalue weighted by Gasteiger charge is -2.33. The van der Waals surface area contributed by atoms with E-state index in [1.165, 1.54) is 17.5 Å². The Labute approximate surface area is 299 Å². The van der Waals surface area contributed by atoms with Crippen LogP contribution in [0.3, 0.4) is 0 Å². The van der Waals surface area contributed by atoms with E-state index < -0.39 is 0 Å². The van der Waals surface area contributed by atoms with Gasteiger partial charge in [0.25, 0.3) is 0 Å². The molecule has 2 saturated heterocycles. The normalized spacial score (nSPS) is 18.1. The molecule has 4 aliphatic rings. The Morgan fingerprint density at radius 2 is 1.31 bits per heavy atom. The van der Waals surface area contributed by atoms with Gasteiger partial charge in [-0.05, 0) is 126 Å². The van der Waals surface area contributed by atoms with E-state index in [1.807, 2.05) is 26.0 Å². The number of rotatable bonds is 10. The molecule has 3 N–H and O–H groups in total. The van der Waals surface area contributed by atoms with Crippen LogP contribution in [0.2, 0.25) is 15.6 Å². The number of ether oxygens (including phenoxy) is 2. The van der Waals surface area contributed by atoms with Gasteiger partial charge < -0.3 is 25.4 Å². The maximum Gasteiger partial charge on any atom is 0.224 e. The fourth-order valence-electron chi connectivity index (χ4n) is 7.13. The monoisotopic (exact) mass is 716 g/mol. The zero-order valence-electron chi connectivity index (χ0n) is 28.0. The van der Waals surface area contributed by atoms with Gasteiger partial charge in [0, 0.05) is 48.9 Å². The summed E-state index contributed by atoms with van der Waals surface area (Å²) in [4.78, 5) is 20.0. The van der Waals surface area contributed by atoms with Gasteiger partial charge in [0.05, 0.1) is 29.6 Å². The maximum atomic E-state index is 6.64. The highest BCUT2D eigenvalue weighted by Gasteiger charge is 2.25. The van der Waals surface area contributed by atoms with Crippen molar-refractivity contribution in [2.45, 2.75) is 96.7 Å². The number of aryl methyl sites for hydroxylation is 2. The van der Waals surface area contributed by atoms with E-state index in [9.17, 15) is 0 Å². The molecule has 10 nitrogen and oxygen atoms in total. The van der Waals surface area contributed by atoms with Gasteiger partial charge in [0.2, 0.25) is 10.6 Å². The molecule has 13 heteroatoms. The minimum atomic E-state index is 0.342. The number of fused-ring (bicyclic) bond motifs is 2. The second-order valence-corrected chi connectivity index (χ2v) is 13.9. The number of likely N-dealkylation sites (tertiary alicyclic amines) is 1. The molecule has 2 aliphatic heterocycles. The van der Waals surface area contributed by atoms with Gasteiger partial charge in [-0.15, -0.1) is 0 Å². The van der Waals surface area contributed by atoms with Gasteiger partial charge in [-0.25, -0.2) is 19.9 Å². The van der Waals surface area contributed by atoms with Crippen LogP contribution in [-0.2, 0) is 32.2 Å². The Morgan fingerprint density at radius 1 is 0.750 bits per heavy atom. The highest BCUT2D eigenvalue weighted by atomic mass is 35.5. The SMILES string of the molecule is CCOc1cc(CN2CCC(Nc3nc(Cl)nc4c3CCC4)CC2)c(Cl)c(OCC)c1.Clc1nc2c(c(NC3CCNCC3)n1)CCC2. The Bertz CT molecular complexity index is 1550. The molecule has 260 valence electrons. The van der Waals surface area contributed by atoms with Gasteiger partial charge in [0.1, 0.15) is 23.1 Å². The Hall–Kier alpha value is -2.63. The molecule has 48 heavy (non-hydrogen) atoms. The average molecular weight is 718 g/mol. The molecule has 4 heterocycles. The second kappa shape index (κ2) is 16.9. The number of benzene rings is 1. The predicted molar refractivity (Wildman–Crippen MR) is 193 cm³/mol. The molecule has 7 rings (SSSR count). The molecule has 0 bridgehead atoms. The van der Waals surface area contributed by atoms with Crippen LogP contribution >= 0.6 is 34.8 Å². The topological polar surface area (TPSA) is 109 Å². The Balaban J connectivity index is 0.000000198. The molecule has 0 spiro atoms. The van der Waals surface area contributed by atoms with Crippen LogP contribution in [0.15, 0.2) is 12.1 Å². The van der Waals surface area contributed by atoms with E-state index in [-0.39, 0.29) is 0 Å². The molecule has 2 fully saturated rings. The van der Waals surface area contributed by atoms with Crippen molar-refractivity contribution in [1.82, 2.24) is 30.2 Å². The first-order chi connectivity index (χ1) is 23.4. The number of hydrogen-bond donors (Lipinski definition) is 3. The fraction of sp³-hybridized carbons (Fsp3) is 0.600. The van der Waals surface area contributed by atoms with Crippen LogP contribution in [0.1, 0.15) is 80.5 Å². The fourth-order valence-corrected chi connectivity index (χ4v) is 7.72. The van der Waals surface area contributed by atoms with Crippen LogP contribution in [0.4, 0.5) is 11.6 Å². The molecule has 0 amide bonds. The standard InChI is InChI=1S/C23H30Cl2N4O2.C12H17ClN4/c1-3-30-17-12-15(21(24)20(13-17)31-4-2)14-29-10-8-16(9-11-29)26-22-18-6-5-7-19(18)27-23(25)28-22;13-12-16-10-3-1-2-9(10)11(17-12)15-8-4-6-14-7-5-8/h12-13,16H,3-11,14H2,1-2H3,(H,26,27,28);8,14H,1-7H2,(H,15,16,17). The summed E-state index contributed by atoms with van der Waals surface area (Å²) in [6, 6.07) is 4.81. The zero-order chi connectivity index (χ0) is 33.5. The summed E-state index contributed by atoms with van der Waals surface area (Å²) in [5.41, 5.74) is 5.82. The minimum absolute atomic E-state index is 0.342. The third-order valence-corrected chi connectivity index (χ3v) is 10.3. The smallest absolute Gasteiger partial charge is 0.224 e. The van der Waals surface area contributed by atoms with Crippen molar-refractivity contribution in [1.29, 1.82) is 0 Å². The molecular weight excluding hydrogens is 671 g/mol. The van der Waals surface area contributed by atoms with E-state index in [4.69, 9.17) is 44.3 Å². The second-order valence-electron chi connectivity index (χ2n) is 12.9. The van der Waals surface area contributed by atoms with Gasteiger partial charge in [0.15, 0.2) is 0 Å². The number of halogens is 3. The van der Waals surface area contributed by atoms with Crippen LogP contribution in [0.5, 0.6) is 11.5 Å². The van der Waals surface area contributed by atoms with Crippen LogP contribution in [-0.4, -0.2) is 76.3 Å². The highest BCUT2D eigenvalue weighted by Crippen LogP contribution is 2.35. The van der Waals surface area contributed by atoms with Crippen molar-refractivity contribution in [2.24, 2.45) is 0 Å². The van der Waals surface area contributed by atoms with Crippen molar-refractivity contribution in [2.75, 3.05) is 50.0 Å². The van der Waals surface area contributed by atoms with Crippen molar-refractivity contribution < 1.29 is 9.47 Å². The summed E-state index contributed by atoms with van der Waals surface area (Å²) in [5.74, 6) is 3.40. The third kappa shape index (κ3) is 8.93. The summed E-state index contributed by atoms with van der Waals surface area (Å²) in [7, 11) is 0. The maximum absolute atomic E-state index is 6.64. The molecule has 0 radical (unpaired) electrons. The number of aromatic nitrogens is 4. The van der Waals surface area contributed by atoms with Crippen LogP contribution in [0.25, 0.3) is 0 Å². The number of anilines is 2. The molecule has 2 aromatic heterocycles. The lowest BCUT2D eigenvalue weighted by Crippen LogP contribution is -2.39. The van der Waals surface area contributed by atoms with Gasteiger partial charge in [-0.2, -0.15) is 0 Å². The first kappa shape index (κ1) is 35.2. The Morgan fingerprint density at radius 3 is 1.88 bits per heavy atom. The van der Waals surface area contributed by atoms with Crippen LogP contribution in [0, 0.1) is 0 Å². The largest absolute Gasteiger partial charge is 0.494 e. The van der Waals surface area contributed by atoms with Crippen molar-refractivity contribution in [3.05, 3.63) is 55.8 Å². The summed E-state index contributed by atoms with van der Waals surface area (Å²) in [6.07, 6.45) is 10.8. The van der Waals surface area contributed by atoms with E-state index >= 15 is 0 Å². The first-order valence-corrected chi connectivity index (χ1v) is 18.7. The van der Waals surface area contributed by atoms with E-state index in [0.717, 1.165) is 125 Å². The molecular formula is C35H47Cl3N8O2. The molecule has 2 aliphatic carbocycles. The number of nitrogens with zero attached hydrogens (tertiary/aromatic N) is 5. The molecule has 0 atom stereocenters. The summed E-state index contributed by atoms with van der Waals surface area (Å²) in [5, 5.41) is 11.9. The van der Waals surface area contributed by atoms with Gasteiger partial charge in [-0.1, -0.05) is 11.6 Å². The quantitative estimate of drug-likeness (QED) is 0.191. The lowest BCUT2D eigenvalue weighted by molar-refractivity contribution is 0.210. The van der Waals surface area contributed by atoms with Crippen LogP contribution < -0.4 is 25.4 Å². The average Bonchev–Trinajstić information content (AvgIpc) is 3.75. The van der Waals surface area contributed by atoms with Gasteiger partial charge >= 0.3 is 0 Å². The number of hydrogen-bond acceptors (Lipinski definition) is 10. The molecule has 0 unspecified atom stereocenters. The van der Waals surface area contributed by atoms with E-state index in [0.29, 0.717) is 46.6 Å². The van der Waals surface area contributed by atoms with Crippen molar-refractivity contribution >= 4 is 46.4 Å². The summed E-state index contributed by atoms with van der Waals surface area (Å²) >= 11 is 18.8. The van der Waals surface area contributed by atoms with E-state index in [2.05, 4.69) is 40.8 Å². The molecule has 3 aromatic rings.